The number of carbonyl (C=O) groups is 1. The number of amides is 1. The van der Waals surface area contributed by atoms with Gasteiger partial charge in [0.25, 0.3) is 5.91 Å². The molecule has 0 bridgehead atoms. The van der Waals surface area contributed by atoms with E-state index in [1.807, 2.05) is 31.1 Å². The number of hydrogen-bond acceptors (Lipinski definition) is 6. The summed E-state index contributed by atoms with van der Waals surface area (Å²) in [6, 6.07) is 6.18. The number of anilines is 1. The molecular formula is C19H22Cl2N4O4S. The highest BCUT2D eigenvalue weighted by atomic mass is 35.5. The van der Waals surface area contributed by atoms with Crippen molar-refractivity contribution in [2.45, 2.75) is 11.4 Å². The largest absolute Gasteiger partial charge is 0.379 e. The SMILES string of the molecule is CN(C)c1ccc(CNC(=O)c2cc(S(=O)(=O)N3CCOCC3)c(Cl)cc2Cl)cn1. The first-order chi connectivity index (χ1) is 14.2. The summed E-state index contributed by atoms with van der Waals surface area (Å²) in [6.45, 7) is 1.26. The van der Waals surface area contributed by atoms with E-state index in [1.54, 1.807) is 6.20 Å². The first kappa shape index (κ1) is 22.8. The van der Waals surface area contributed by atoms with Crippen LogP contribution in [-0.2, 0) is 21.3 Å². The number of ether oxygens (including phenoxy) is 1. The molecule has 8 nitrogen and oxygen atoms in total. The predicted molar refractivity (Wildman–Crippen MR) is 116 cm³/mol. The minimum Gasteiger partial charge on any atom is -0.379 e. The zero-order chi connectivity index (χ0) is 21.9. The molecule has 1 amide bonds. The Labute approximate surface area is 185 Å². The van der Waals surface area contributed by atoms with Crippen LogP contribution in [0.4, 0.5) is 5.82 Å². The first-order valence-corrected chi connectivity index (χ1v) is 11.4. The number of nitrogens with one attached hydrogen (secondary N) is 1. The van der Waals surface area contributed by atoms with Gasteiger partial charge in [0, 0.05) is 39.9 Å². The van der Waals surface area contributed by atoms with Gasteiger partial charge in [-0.2, -0.15) is 4.31 Å². The Morgan fingerprint density at radius 2 is 1.90 bits per heavy atom. The Bertz CT molecular complexity index is 1020. The summed E-state index contributed by atoms with van der Waals surface area (Å²) in [6.07, 6.45) is 1.66. The number of sulfonamides is 1. The number of aromatic nitrogens is 1. The van der Waals surface area contributed by atoms with Crippen LogP contribution in [0.1, 0.15) is 15.9 Å². The molecule has 0 unspecified atom stereocenters. The van der Waals surface area contributed by atoms with Crippen molar-refractivity contribution in [2.75, 3.05) is 45.3 Å². The molecule has 1 saturated heterocycles. The average Bonchev–Trinajstić information content (AvgIpc) is 2.72. The van der Waals surface area contributed by atoms with Crippen LogP contribution in [0.3, 0.4) is 0 Å². The monoisotopic (exact) mass is 472 g/mol. The number of halogens is 2. The number of benzene rings is 1. The van der Waals surface area contributed by atoms with Gasteiger partial charge in [0.2, 0.25) is 10.0 Å². The summed E-state index contributed by atoms with van der Waals surface area (Å²) >= 11 is 12.3. The van der Waals surface area contributed by atoms with E-state index in [-0.39, 0.29) is 40.1 Å². The second kappa shape index (κ2) is 9.49. The Balaban J connectivity index is 1.79. The zero-order valence-electron chi connectivity index (χ0n) is 16.6. The van der Waals surface area contributed by atoms with E-state index in [2.05, 4.69) is 10.3 Å². The molecule has 1 aliphatic heterocycles. The molecule has 0 saturated carbocycles. The average molecular weight is 473 g/mol. The molecule has 1 aromatic heterocycles. The van der Waals surface area contributed by atoms with Gasteiger partial charge in [-0.25, -0.2) is 13.4 Å². The van der Waals surface area contributed by atoms with Crippen molar-refractivity contribution >= 4 is 45.0 Å². The van der Waals surface area contributed by atoms with Gasteiger partial charge in [-0.15, -0.1) is 0 Å². The lowest BCUT2D eigenvalue weighted by molar-refractivity contribution is 0.0730. The lowest BCUT2D eigenvalue weighted by Crippen LogP contribution is -2.40. The van der Waals surface area contributed by atoms with Crippen molar-refractivity contribution < 1.29 is 17.9 Å². The van der Waals surface area contributed by atoms with Crippen LogP contribution in [0.15, 0.2) is 35.4 Å². The molecule has 0 atom stereocenters. The van der Waals surface area contributed by atoms with Crippen LogP contribution in [0.25, 0.3) is 0 Å². The van der Waals surface area contributed by atoms with Crippen molar-refractivity contribution in [3.05, 3.63) is 51.6 Å². The third-order valence-corrected chi connectivity index (χ3v) is 7.25. The molecule has 1 aromatic carbocycles. The summed E-state index contributed by atoms with van der Waals surface area (Å²) in [7, 11) is -0.110. The van der Waals surface area contributed by atoms with Gasteiger partial charge in [0.15, 0.2) is 0 Å². The number of pyridine rings is 1. The minimum atomic E-state index is -3.88. The lowest BCUT2D eigenvalue weighted by Gasteiger charge is -2.26. The second-order valence-corrected chi connectivity index (χ2v) is 9.60. The van der Waals surface area contributed by atoms with Crippen molar-refractivity contribution in [1.29, 1.82) is 0 Å². The Morgan fingerprint density at radius 3 is 2.50 bits per heavy atom. The van der Waals surface area contributed by atoms with Crippen molar-refractivity contribution in [2.24, 2.45) is 0 Å². The van der Waals surface area contributed by atoms with Gasteiger partial charge < -0.3 is 15.0 Å². The van der Waals surface area contributed by atoms with Crippen molar-refractivity contribution in [3.8, 4) is 0 Å². The summed E-state index contributed by atoms with van der Waals surface area (Å²) in [4.78, 5) is 18.7. The molecule has 2 aromatic rings. The normalized spacial score (nSPS) is 15.1. The van der Waals surface area contributed by atoms with Crippen LogP contribution in [0.2, 0.25) is 10.0 Å². The van der Waals surface area contributed by atoms with Crippen LogP contribution in [0, 0.1) is 0 Å². The molecule has 2 heterocycles. The maximum absolute atomic E-state index is 13.0. The summed E-state index contributed by atoms with van der Waals surface area (Å²) in [5.74, 6) is 0.288. The molecule has 11 heteroatoms. The number of rotatable bonds is 6. The number of carbonyl (C=O) groups excluding carboxylic acids is 1. The lowest BCUT2D eigenvalue weighted by atomic mass is 10.2. The number of morpholine rings is 1. The molecule has 30 heavy (non-hydrogen) atoms. The van der Waals surface area contributed by atoms with Gasteiger partial charge in [-0.3, -0.25) is 4.79 Å². The van der Waals surface area contributed by atoms with Gasteiger partial charge >= 0.3 is 0 Å². The molecule has 1 N–H and O–H groups in total. The van der Waals surface area contributed by atoms with Crippen LogP contribution >= 0.6 is 23.2 Å². The third-order valence-electron chi connectivity index (χ3n) is 4.57. The van der Waals surface area contributed by atoms with E-state index in [9.17, 15) is 13.2 Å². The minimum absolute atomic E-state index is 0.0331. The number of nitrogens with zero attached hydrogens (tertiary/aromatic N) is 3. The Kier molecular flexibility index (Phi) is 7.20. The zero-order valence-corrected chi connectivity index (χ0v) is 18.9. The summed E-state index contributed by atoms with van der Waals surface area (Å²) in [5, 5.41) is 2.77. The maximum Gasteiger partial charge on any atom is 0.253 e. The van der Waals surface area contributed by atoms with Crippen LogP contribution < -0.4 is 10.2 Å². The van der Waals surface area contributed by atoms with Gasteiger partial charge in [-0.1, -0.05) is 29.3 Å². The van der Waals surface area contributed by atoms with Gasteiger partial charge in [0.1, 0.15) is 10.7 Å². The van der Waals surface area contributed by atoms with Gasteiger partial charge in [-0.05, 0) is 23.8 Å². The first-order valence-electron chi connectivity index (χ1n) is 9.17. The molecule has 1 fully saturated rings. The third kappa shape index (κ3) is 5.04. The fourth-order valence-electron chi connectivity index (χ4n) is 2.89. The summed E-state index contributed by atoms with van der Waals surface area (Å²) < 4.78 is 32.4. The Morgan fingerprint density at radius 1 is 1.20 bits per heavy atom. The van der Waals surface area contributed by atoms with E-state index < -0.39 is 15.9 Å². The van der Waals surface area contributed by atoms with E-state index >= 15 is 0 Å². The van der Waals surface area contributed by atoms with E-state index in [1.165, 1.54) is 16.4 Å². The molecule has 0 aliphatic carbocycles. The molecule has 3 rings (SSSR count). The fourth-order valence-corrected chi connectivity index (χ4v) is 5.13. The van der Waals surface area contributed by atoms with Crippen molar-refractivity contribution in [3.63, 3.8) is 0 Å². The molecule has 0 spiro atoms. The quantitative estimate of drug-likeness (QED) is 0.693. The fraction of sp³-hybridized carbons (Fsp3) is 0.368. The van der Waals surface area contributed by atoms with Crippen molar-refractivity contribution in [1.82, 2.24) is 14.6 Å². The van der Waals surface area contributed by atoms with E-state index in [0.717, 1.165) is 11.4 Å². The predicted octanol–water partition coefficient (Wildman–Crippen LogP) is 2.41. The smallest absolute Gasteiger partial charge is 0.253 e. The maximum atomic E-state index is 13.0. The molecule has 1 aliphatic rings. The highest BCUT2D eigenvalue weighted by Crippen LogP contribution is 2.31. The van der Waals surface area contributed by atoms with E-state index in [0.29, 0.717) is 13.2 Å². The van der Waals surface area contributed by atoms with Crippen LogP contribution in [-0.4, -0.2) is 64.0 Å². The summed E-state index contributed by atoms with van der Waals surface area (Å²) in [5.41, 5.74) is 0.825. The highest BCUT2D eigenvalue weighted by molar-refractivity contribution is 7.89. The molecule has 0 radical (unpaired) electrons. The second-order valence-electron chi connectivity index (χ2n) is 6.88. The van der Waals surface area contributed by atoms with Crippen LogP contribution in [0.5, 0.6) is 0 Å². The van der Waals surface area contributed by atoms with Gasteiger partial charge in [0.05, 0.1) is 28.8 Å². The molecular weight excluding hydrogens is 451 g/mol. The number of hydrogen-bond donors (Lipinski definition) is 1. The standard InChI is InChI=1S/C19H22Cl2N4O4S/c1-24(2)18-4-3-13(11-22-18)12-23-19(26)14-9-17(16(21)10-15(14)20)30(27,28)25-5-7-29-8-6-25/h3-4,9-11H,5-8,12H2,1-2H3,(H,23,26). The highest BCUT2D eigenvalue weighted by Gasteiger charge is 2.30. The van der Waals surface area contributed by atoms with E-state index in [4.69, 9.17) is 27.9 Å². The molecule has 162 valence electrons. The topological polar surface area (TPSA) is 91.8 Å². The Hall–Kier alpha value is -1.91.